The van der Waals surface area contributed by atoms with E-state index in [2.05, 4.69) is 6.92 Å². The van der Waals surface area contributed by atoms with Crippen LogP contribution in [0, 0.1) is 23.2 Å². The molecule has 3 aromatic carbocycles. The van der Waals surface area contributed by atoms with Gasteiger partial charge in [-0.1, -0.05) is 61.5 Å². The second-order valence-electron chi connectivity index (χ2n) is 11.9. The first kappa shape index (κ1) is 27.2. The molecule has 210 valence electrons. The van der Waals surface area contributed by atoms with E-state index in [1.165, 1.54) is 6.07 Å². The highest BCUT2D eigenvalue weighted by Gasteiger charge is 2.57. The van der Waals surface area contributed by atoms with Crippen molar-refractivity contribution < 1.29 is 30.9 Å². The van der Waals surface area contributed by atoms with Crippen LogP contribution in [0.15, 0.2) is 71.6 Å². The first-order valence-corrected chi connectivity index (χ1v) is 15.2. The smallest absolute Gasteiger partial charge is 0.294 e. The highest BCUT2D eigenvalue weighted by molar-refractivity contribution is 7.85. The Kier molecular flexibility index (Phi) is 6.50. The van der Waals surface area contributed by atoms with Crippen LogP contribution in [0.2, 0.25) is 0 Å². The molecule has 4 nitrogen and oxygen atoms in total. The first-order valence-electron chi connectivity index (χ1n) is 13.8. The molecule has 3 aliphatic carbocycles. The number of benzene rings is 3. The zero-order chi connectivity index (χ0) is 28.4. The molecule has 0 saturated heterocycles. The lowest BCUT2D eigenvalue weighted by Crippen LogP contribution is -2.44. The van der Waals surface area contributed by atoms with Crippen molar-refractivity contribution in [3.05, 3.63) is 89.0 Å². The van der Waals surface area contributed by atoms with E-state index in [9.17, 15) is 30.9 Å². The highest BCUT2D eigenvalue weighted by atomic mass is 32.2. The van der Waals surface area contributed by atoms with Gasteiger partial charge in [0.25, 0.3) is 10.1 Å². The summed E-state index contributed by atoms with van der Waals surface area (Å²) in [5.74, 6) is -0.339. The minimum absolute atomic E-state index is 0.0119. The van der Waals surface area contributed by atoms with Crippen molar-refractivity contribution in [3.63, 3.8) is 0 Å². The number of carbonyl (C=O) groups excluding carboxylic acids is 1. The molecule has 1 N–H and O–H groups in total. The van der Waals surface area contributed by atoms with Gasteiger partial charge in [0, 0.05) is 11.5 Å². The Hall–Kier alpha value is -2.97. The maximum Gasteiger partial charge on any atom is 0.416 e. The topological polar surface area (TPSA) is 71.4 Å². The van der Waals surface area contributed by atoms with Gasteiger partial charge in [-0.25, -0.2) is 0 Å². The lowest BCUT2D eigenvalue weighted by molar-refractivity contribution is -0.139. The Bertz CT molecular complexity index is 1560. The second kappa shape index (κ2) is 9.55. The summed E-state index contributed by atoms with van der Waals surface area (Å²) in [7, 11) is -4.77. The Balaban J connectivity index is 1.29. The molecule has 0 bridgehead atoms. The molecule has 0 heterocycles. The summed E-state index contributed by atoms with van der Waals surface area (Å²) in [5, 5.41) is 0. The predicted molar refractivity (Wildman–Crippen MR) is 146 cm³/mol. The van der Waals surface area contributed by atoms with Gasteiger partial charge >= 0.3 is 6.18 Å². The molecule has 0 unspecified atom stereocenters. The van der Waals surface area contributed by atoms with Gasteiger partial charge in [0.2, 0.25) is 0 Å². The van der Waals surface area contributed by atoms with Crippen LogP contribution in [0.25, 0.3) is 11.1 Å². The van der Waals surface area contributed by atoms with Crippen molar-refractivity contribution in [1.82, 2.24) is 0 Å². The molecule has 3 aromatic rings. The summed E-state index contributed by atoms with van der Waals surface area (Å²) < 4.78 is 75.6. The van der Waals surface area contributed by atoms with E-state index in [0.717, 1.165) is 17.5 Å². The molecule has 0 amide bonds. The Morgan fingerprint density at radius 3 is 2.25 bits per heavy atom. The molecule has 2 saturated carbocycles. The quantitative estimate of drug-likeness (QED) is 0.256. The van der Waals surface area contributed by atoms with Gasteiger partial charge in [0.1, 0.15) is 0 Å². The van der Waals surface area contributed by atoms with Crippen LogP contribution < -0.4 is 0 Å². The molecule has 8 heteroatoms. The molecule has 0 spiro atoms. The van der Waals surface area contributed by atoms with Crippen LogP contribution in [0.1, 0.15) is 72.0 Å². The van der Waals surface area contributed by atoms with Crippen molar-refractivity contribution in [3.8, 4) is 11.1 Å². The fourth-order valence-corrected chi connectivity index (χ4v) is 8.73. The second-order valence-corrected chi connectivity index (χ2v) is 13.3. The molecule has 3 aliphatic rings. The number of ketones is 1. The number of hydrogen-bond donors (Lipinski definition) is 1. The maximum atomic E-state index is 14.2. The van der Waals surface area contributed by atoms with E-state index in [4.69, 9.17) is 0 Å². The fraction of sp³-hybridized carbons (Fsp3) is 0.406. The molecular weight excluding hydrogens is 537 g/mol. The lowest BCUT2D eigenvalue weighted by atomic mass is 9.53. The van der Waals surface area contributed by atoms with Crippen LogP contribution in [-0.2, 0) is 22.7 Å². The summed E-state index contributed by atoms with van der Waals surface area (Å²) in [4.78, 5) is 13.1. The van der Waals surface area contributed by atoms with Crippen molar-refractivity contribution in [2.75, 3.05) is 0 Å². The minimum atomic E-state index is -4.77. The number of fused-ring (bicyclic) bond motifs is 5. The van der Waals surface area contributed by atoms with E-state index in [-0.39, 0.29) is 40.4 Å². The monoisotopic (exact) mass is 568 g/mol. The molecule has 40 heavy (non-hydrogen) atoms. The van der Waals surface area contributed by atoms with Gasteiger partial charge in [-0.3, -0.25) is 9.35 Å². The van der Waals surface area contributed by atoms with Gasteiger partial charge in [-0.2, -0.15) is 21.6 Å². The van der Waals surface area contributed by atoms with Crippen molar-refractivity contribution in [1.29, 1.82) is 0 Å². The average molecular weight is 569 g/mol. The maximum absolute atomic E-state index is 14.2. The van der Waals surface area contributed by atoms with Crippen LogP contribution in [0.3, 0.4) is 0 Å². The van der Waals surface area contributed by atoms with E-state index in [1.54, 1.807) is 0 Å². The van der Waals surface area contributed by atoms with E-state index in [1.807, 2.05) is 54.6 Å². The number of aryl methyl sites for hydroxylation is 1. The van der Waals surface area contributed by atoms with E-state index in [0.29, 0.717) is 49.3 Å². The third-order valence-electron chi connectivity index (χ3n) is 9.99. The van der Waals surface area contributed by atoms with Crippen molar-refractivity contribution in [2.45, 2.75) is 62.4 Å². The predicted octanol–water partition coefficient (Wildman–Crippen LogP) is 7.97. The lowest BCUT2D eigenvalue weighted by Gasteiger charge is -2.51. The molecule has 6 rings (SSSR count). The zero-order valence-corrected chi connectivity index (χ0v) is 22.9. The number of Topliss-reactive ketones (excluding diaryl/α,β-unsaturated/α-hetero) is 1. The summed E-state index contributed by atoms with van der Waals surface area (Å²) >= 11 is 0. The third-order valence-corrected chi connectivity index (χ3v) is 10.8. The SMILES string of the molecule is C[C@]12CC[C@@H]3c4c(cc(S(=O)(=O)O)cc4C(F)(F)F)CC[C@H]3[C@@H]1CC[C@@H]2C(=O)c1ccc(-c2ccccc2)cc1. The summed E-state index contributed by atoms with van der Waals surface area (Å²) in [6, 6.07) is 19.4. The number of carbonyl (C=O) groups is 1. The van der Waals surface area contributed by atoms with Crippen molar-refractivity contribution >= 4 is 15.9 Å². The van der Waals surface area contributed by atoms with Gasteiger partial charge in [-0.15, -0.1) is 0 Å². The molecule has 0 radical (unpaired) electrons. The van der Waals surface area contributed by atoms with Gasteiger partial charge in [0.05, 0.1) is 10.5 Å². The van der Waals surface area contributed by atoms with E-state index >= 15 is 0 Å². The number of hydrogen-bond acceptors (Lipinski definition) is 3. The Morgan fingerprint density at radius 1 is 0.925 bits per heavy atom. The molecule has 5 atom stereocenters. The van der Waals surface area contributed by atoms with Crippen LogP contribution >= 0.6 is 0 Å². The zero-order valence-electron chi connectivity index (χ0n) is 22.1. The normalized spacial score (nSPS) is 27.9. The third kappa shape index (κ3) is 4.49. The van der Waals surface area contributed by atoms with Gasteiger partial charge in [-0.05, 0) is 96.1 Å². The Labute approximate surface area is 232 Å². The highest BCUT2D eigenvalue weighted by Crippen LogP contribution is 2.64. The molecule has 2 fully saturated rings. The molecular formula is C32H31F3O4S. The van der Waals surface area contributed by atoms with Gasteiger partial charge < -0.3 is 0 Å². The number of alkyl halides is 3. The first-order chi connectivity index (χ1) is 18.9. The van der Waals surface area contributed by atoms with Crippen LogP contribution in [0.5, 0.6) is 0 Å². The van der Waals surface area contributed by atoms with Gasteiger partial charge in [0.15, 0.2) is 5.78 Å². The molecule has 0 aliphatic heterocycles. The van der Waals surface area contributed by atoms with Crippen LogP contribution in [0.4, 0.5) is 13.2 Å². The number of rotatable bonds is 4. The van der Waals surface area contributed by atoms with Crippen LogP contribution in [-0.4, -0.2) is 18.8 Å². The van der Waals surface area contributed by atoms with Crippen molar-refractivity contribution in [2.24, 2.45) is 23.2 Å². The molecule has 0 aromatic heterocycles. The summed E-state index contributed by atoms with van der Waals surface area (Å²) in [5.41, 5.74) is 2.06. The average Bonchev–Trinajstić information content (AvgIpc) is 3.28. The minimum Gasteiger partial charge on any atom is -0.294 e. The standard InChI is InChI=1S/C32H31F3O4S/c1-31-16-15-25-24(12-11-22-17-23(40(37,38)39)18-28(29(22)25)32(33,34)35)26(31)13-14-27(31)30(36)21-9-7-20(8-10-21)19-5-3-2-4-6-19/h2-10,17-18,24-27H,11-16H2,1H3,(H,37,38,39)/t24-,25+,26+,27-,31+/m1/s1. The van der Waals surface area contributed by atoms with E-state index < -0.39 is 26.8 Å². The summed E-state index contributed by atoms with van der Waals surface area (Å²) in [6.07, 6.45) is -1.15. The fourth-order valence-electron chi connectivity index (χ4n) is 8.17. The Morgan fingerprint density at radius 2 is 1.60 bits per heavy atom. The largest absolute Gasteiger partial charge is 0.416 e. The summed E-state index contributed by atoms with van der Waals surface area (Å²) in [6.45, 7) is 2.14. The number of halogens is 3.